The van der Waals surface area contributed by atoms with Crippen LogP contribution in [0, 0.1) is 0 Å². The van der Waals surface area contributed by atoms with E-state index in [1.54, 1.807) is 7.11 Å². The molecule has 2 aromatic rings. The SMILES string of the molecule is COc1ccc2nccc(NCCN(C)C)c2c1. The van der Waals surface area contributed by atoms with Gasteiger partial charge in [-0.25, -0.2) is 0 Å². The van der Waals surface area contributed by atoms with Gasteiger partial charge in [-0.05, 0) is 38.4 Å². The molecule has 0 bridgehead atoms. The highest BCUT2D eigenvalue weighted by Crippen LogP contribution is 2.25. The molecule has 0 radical (unpaired) electrons. The Hall–Kier alpha value is -1.81. The number of hydrogen-bond donors (Lipinski definition) is 1. The Morgan fingerprint density at radius 1 is 1.28 bits per heavy atom. The lowest BCUT2D eigenvalue weighted by molar-refractivity contribution is 0.415. The van der Waals surface area contributed by atoms with Crippen LogP contribution in [0.1, 0.15) is 0 Å². The number of benzene rings is 1. The predicted octanol–water partition coefficient (Wildman–Crippen LogP) is 2.22. The zero-order chi connectivity index (χ0) is 13.0. The van der Waals surface area contributed by atoms with E-state index in [9.17, 15) is 0 Å². The molecule has 96 valence electrons. The minimum atomic E-state index is 0.853. The zero-order valence-corrected chi connectivity index (χ0v) is 11.1. The standard InChI is InChI=1S/C14H19N3O/c1-17(2)9-8-16-14-6-7-15-13-5-4-11(18-3)10-12(13)14/h4-7,10H,8-9H2,1-3H3,(H,15,16). The summed E-state index contributed by atoms with van der Waals surface area (Å²) < 4.78 is 5.26. The average Bonchev–Trinajstić information content (AvgIpc) is 2.38. The highest BCUT2D eigenvalue weighted by Gasteiger charge is 2.03. The van der Waals surface area contributed by atoms with Crippen LogP contribution in [0.2, 0.25) is 0 Å². The summed E-state index contributed by atoms with van der Waals surface area (Å²) >= 11 is 0. The Morgan fingerprint density at radius 2 is 2.11 bits per heavy atom. The van der Waals surface area contributed by atoms with Gasteiger partial charge in [0.05, 0.1) is 12.6 Å². The lowest BCUT2D eigenvalue weighted by Gasteiger charge is -2.13. The van der Waals surface area contributed by atoms with Crippen molar-refractivity contribution in [2.45, 2.75) is 0 Å². The molecule has 0 unspecified atom stereocenters. The van der Waals surface area contributed by atoms with E-state index in [4.69, 9.17) is 4.74 Å². The van der Waals surface area contributed by atoms with Gasteiger partial charge >= 0.3 is 0 Å². The molecule has 4 nitrogen and oxygen atoms in total. The van der Waals surface area contributed by atoms with Crippen LogP contribution in [0.5, 0.6) is 5.75 Å². The van der Waals surface area contributed by atoms with Crippen molar-refractivity contribution in [1.29, 1.82) is 0 Å². The number of methoxy groups -OCH3 is 1. The maximum atomic E-state index is 5.26. The molecular weight excluding hydrogens is 226 g/mol. The number of rotatable bonds is 5. The van der Waals surface area contributed by atoms with E-state index in [0.717, 1.165) is 35.4 Å². The van der Waals surface area contributed by atoms with Crippen LogP contribution in [0.3, 0.4) is 0 Å². The molecule has 0 saturated heterocycles. The van der Waals surface area contributed by atoms with Gasteiger partial charge in [0.2, 0.25) is 0 Å². The van der Waals surface area contributed by atoms with Crippen LogP contribution in [0.25, 0.3) is 10.9 Å². The van der Waals surface area contributed by atoms with Gasteiger partial charge in [0.15, 0.2) is 0 Å². The van der Waals surface area contributed by atoms with Crippen molar-refractivity contribution in [2.24, 2.45) is 0 Å². The second kappa shape index (κ2) is 5.69. The molecule has 0 amide bonds. The minimum Gasteiger partial charge on any atom is -0.497 e. The predicted molar refractivity (Wildman–Crippen MR) is 75.3 cm³/mol. The van der Waals surface area contributed by atoms with Crippen molar-refractivity contribution >= 4 is 16.6 Å². The average molecular weight is 245 g/mol. The third kappa shape index (κ3) is 2.90. The summed E-state index contributed by atoms with van der Waals surface area (Å²) in [5, 5.41) is 4.53. The van der Waals surface area contributed by atoms with Crippen molar-refractivity contribution in [3.63, 3.8) is 0 Å². The smallest absolute Gasteiger partial charge is 0.119 e. The van der Waals surface area contributed by atoms with Crippen LogP contribution >= 0.6 is 0 Å². The largest absolute Gasteiger partial charge is 0.497 e. The highest BCUT2D eigenvalue weighted by atomic mass is 16.5. The van der Waals surface area contributed by atoms with E-state index in [2.05, 4.69) is 29.3 Å². The first-order chi connectivity index (χ1) is 8.70. The fraction of sp³-hybridized carbons (Fsp3) is 0.357. The van der Waals surface area contributed by atoms with Gasteiger partial charge in [0.1, 0.15) is 5.75 Å². The lowest BCUT2D eigenvalue weighted by Crippen LogP contribution is -2.20. The lowest BCUT2D eigenvalue weighted by atomic mass is 10.2. The van der Waals surface area contributed by atoms with Gasteiger partial charge in [-0.15, -0.1) is 0 Å². The van der Waals surface area contributed by atoms with Crippen LogP contribution in [0.15, 0.2) is 30.5 Å². The Labute approximate surface area is 108 Å². The maximum Gasteiger partial charge on any atom is 0.119 e. The van der Waals surface area contributed by atoms with Crippen LogP contribution in [-0.2, 0) is 0 Å². The first-order valence-corrected chi connectivity index (χ1v) is 6.02. The van der Waals surface area contributed by atoms with Crippen molar-refractivity contribution in [2.75, 3.05) is 39.6 Å². The fourth-order valence-corrected chi connectivity index (χ4v) is 1.82. The molecule has 0 fully saturated rings. The molecule has 1 aromatic heterocycles. The summed E-state index contributed by atoms with van der Waals surface area (Å²) in [7, 11) is 5.81. The monoisotopic (exact) mass is 245 g/mol. The number of nitrogens with one attached hydrogen (secondary N) is 1. The van der Waals surface area contributed by atoms with Gasteiger partial charge < -0.3 is 15.0 Å². The molecule has 2 rings (SSSR count). The fourth-order valence-electron chi connectivity index (χ4n) is 1.82. The van der Waals surface area contributed by atoms with E-state index >= 15 is 0 Å². The molecule has 0 atom stereocenters. The Bertz CT molecular complexity index is 525. The molecule has 0 spiro atoms. The van der Waals surface area contributed by atoms with E-state index in [1.807, 2.05) is 30.5 Å². The van der Waals surface area contributed by atoms with Crippen LogP contribution in [0.4, 0.5) is 5.69 Å². The topological polar surface area (TPSA) is 37.4 Å². The van der Waals surface area contributed by atoms with E-state index in [-0.39, 0.29) is 0 Å². The summed E-state index contributed by atoms with van der Waals surface area (Å²) in [6, 6.07) is 7.92. The van der Waals surface area contributed by atoms with Crippen molar-refractivity contribution in [1.82, 2.24) is 9.88 Å². The third-order valence-electron chi connectivity index (χ3n) is 2.82. The van der Waals surface area contributed by atoms with Crippen LogP contribution < -0.4 is 10.1 Å². The molecule has 0 aliphatic heterocycles. The van der Waals surface area contributed by atoms with E-state index in [0.29, 0.717) is 0 Å². The Balaban J connectivity index is 2.25. The van der Waals surface area contributed by atoms with Gasteiger partial charge in [-0.3, -0.25) is 4.98 Å². The molecular formula is C14H19N3O. The molecule has 1 aromatic carbocycles. The number of hydrogen-bond acceptors (Lipinski definition) is 4. The summed E-state index contributed by atoms with van der Waals surface area (Å²) in [5.41, 5.74) is 2.08. The Morgan fingerprint density at radius 3 is 2.83 bits per heavy atom. The number of ether oxygens (including phenoxy) is 1. The normalized spacial score (nSPS) is 10.9. The van der Waals surface area contributed by atoms with Crippen molar-refractivity contribution in [3.8, 4) is 5.75 Å². The Kier molecular flexibility index (Phi) is 3.99. The third-order valence-corrected chi connectivity index (χ3v) is 2.82. The van der Waals surface area contributed by atoms with Crippen molar-refractivity contribution in [3.05, 3.63) is 30.5 Å². The van der Waals surface area contributed by atoms with Crippen molar-refractivity contribution < 1.29 is 4.74 Å². The van der Waals surface area contributed by atoms with Gasteiger partial charge in [0, 0.05) is 30.4 Å². The maximum absolute atomic E-state index is 5.26. The number of aromatic nitrogens is 1. The number of fused-ring (bicyclic) bond motifs is 1. The first kappa shape index (κ1) is 12.6. The van der Waals surface area contributed by atoms with Gasteiger partial charge in [0.25, 0.3) is 0 Å². The first-order valence-electron chi connectivity index (χ1n) is 6.02. The quantitative estimate of drug-likeness (QED) is 0.876. The number of likely N-dealkylation sites (N-methyl/N-ethyl adjacent to an activating group) is 1. The van der Waals surface area contributed by atoms with Gasteiger partial charge in [-0.1, -0.05) is 0 Å². The summed E-state index contributed by atoms with van der Waals surface area (Å²) in [5.74, 6) is 0.853. The van der Waals surface area contributed by atoms with Crippen LogP contribution in [-0.4, -0.2) is 44.2 Å². The number of pyridine rings is 1. The minimum absolute atomic E-state index is 0.853. The molecule has 18 heavy (non-hydrogen) atoms. The zero-order valence-electron chi connectivity index (χ0n) is 11.1. The summed E-state index contributed by atoms with van der Waals surface area (Å²) in [6.45, 7) is 1.90. The number of anilines is 1. The molecule has 0 aliphatic rings. The van der Waals surface area contributed by atoms with E-state index in [1.165, 1.54) is 0 Å². The molecule has 1 heterocycles. The second-order valence-electron chi connectivity index (χ2n) is 4.47. The molecule has 1 N–H and O–H groups in total. The molecule has 0 saturated carbocycles. The second-order valence-corrected chi connectivity index (χ2v) is 4.47. The molecule has 4 heteroatoms. The number of nitrogens with zero attached hydrogens (tertiary/aromatic N) is 2. The van der Waals surface area contributed by atoms with E-state index < -0.39 is 0 Å². The molecule has 0 aliphatic carbocycles. The highest BCUT2D eigenvalue weighted by molar-refractivity contribution is 5.92. The summed E-state index contributed by atoms with van der Waals surface area (Å²) in [6.07, 6.45) is 1.83. The van der Waals surface area contributed by atoms with Gasteiger partial charge in [-0.2, -0.15) is 0 Å². The summed E-state index contributed by atoms with van der Waals surface area (Å²) in [4.78, 5) is 6.50.